The van der Waals surface area contributed by atoms with Gasteiger partial charge in [-0.2, -0.15) is 0 Å². The summed E-state index contributed by atoms with van der Waals surface area (Å²) < 4.78 is 0. The summed E-state index contributed by atoms with van der Waals surface area (Å²) in [6.07, 6.45) is 3.77. The molecule has 0 atom stereocenters. The van der Waals surface area contributed by atoms with E-state index < -0.39 is 0 Å². The van der Waals surface area contributed by atoms with Gasteiger partial charge in [-0.25, -0.2) is 15.8 Å². The van der Waals surface area contributed by atoms with E-state index in [4.69, 9.17) is 10.8 Å². The average Bonchev–Trinajstić information content (AvgIpc) is 2.46. The highest BCUT2D eigenvalue weighted by molar-refractivity contribution is 5.58. The van der Waals surface area contributed by atoms with Gasteiger partial charge in [0.2, 0.25) is 0 Å². The lowest BCUT2D eigenvalue weighted by Crippen LogP contribution is -2.35. The van der Waals surface area contributed by atoms with E-state index in [9.17, 15) is 0 Å². The van der Waals surface area contributed by atoms with Crippen molar-refractivity contribution in [3.8, 4) is 0 Å². The summed E-state index contributed by atoms with van der Waals surface area (Å²) in [6, 6.07) is 0. The highest BCUT2D eigenvalue weighted by atomic mass is 15.3. The van der Waals surface area contributed by atoms with Crippen molar-refractivity contribution >= 4 is 11.6 Å². The summed E-state index contributed by atoms with van der Waals surface area (Å²) in [5, 5.41) is 0. The molecule has 1 aromatic rings. The molecule has 3 N–H and O–H groups in total. The van der Waals surface area contributed by atoms with Crippen LogP contribution in [-0.4, -0.2) is 23.1 Å². The van der Waals surface area contributed by atoms with E-state index >= 15 is 0 Å². The highest BCUT2D eigenvalue weighted by Gasteiger charge is 2.25. The minimum absolute atomic E-state index is 0.0875. The third-order valence-corrected chi connectivity index (χ3v) is 4.42. The van der Waals surface area contributed by atoms with E-state index in [1.54, 1.807) is 0 Å². The molecule has 118 valence electrons. The minimum atomic E-state index is -0.0875. The van der Waals surface area contributed by atoms with Gasteiger partial charge in [0, 0.05) is 24.1 Å². The van der Waals surface area contributed by atoms with Crippen molar-refractivity contribution in [2.45, 2.75) is 59.3 Å². The lowest BCUT2D eigenvalue weighted by atomic mass is 9.94. The molecule has 1 saturated heterocycles. The van der Waals surface area contributed by atoms with Crippen molar-refractivity contribution in [2.75, 3.05) is 23.4 Å². The fourth-order valence-electron chi connectivity index (χ4n) is 2.84. The van der Waals surface area contributed by atoms with Crippen molar-refractivity contribution in [2.24, 2.45) is 11.8 Å². The van der Waals surface area contributed by atoms with Crippen LogP contribution in [0, 0.1) is 12.8 Å². The normalized spacial score (nSPS) is 17.1. The van der Waals surface area contributed by atoms with Crippen molar-refractivity contribution in [3.05, 3.63) is 11.4 Å². The van der Waals surface area contributed by atoms with Crippen molar-refractivity contribution in [1.29, 1.82) is 0 Å². The van der Waals surface area contributed by atoms with Gasteiger partial charge in [0.15, 0.2) is 0 Å². The van der Waals surface area contributed by atoms with Gasteiger partial charge in [-0.15, -0.1) is 0 Å². The molecule has 1 fully saturated rings. The lowest BCUT2D eigenvalue weighted by Gasteiger charge is -2.34. The molecule has 0 radical (unpaired) electrons. The standard InChI is InChI=1S/C16H29N5/c1-6-12-7-9-21(10-8-12)14-11(2)13(20-17)18-15(19-14)16(3,4)5/h12H,6-10,17H2,1-5H3,(H,18,19,20). The van der Waals surface area contributed by atoms with Crippen molar-refractivity contribution in [1.82, 2.24) is 9.97 Å². The zero-order valence-corrected chi connectivity index (χ0v) is 14.0. The number of nitrogens with two attached hydrogens (primary N) is 1. The van der Waals surface area contributed by atoms with E-state index in [1.807, 2.05) is 6.92 Å². The second-order valence-electron chi connectivity index (χ2n) is 7.08. The quantitative estimate of drug-likeness (QED) is 0.662. The molecular formula is C16H29N5. The monoisotopic (exact) mass is 291 g/mol. The first-order valence-corrected chi connectivity index (χ1v) is 7.97. The fraction of sp³-hybridized carbons (Fsp3) is 0.750. The Morgan fingerprint density at radius 1 is 1.24 bits per heavy atom. The van der Waals surface area contributed by atoms with Crippen LogP contribution in [0.3, 0.4) is 0 Å². The Hall–Kier alpha value is -1.36. The number of nitrogens with one attached hydrogen (secondary N) is 1. The molecule has 0 amide bonds. The van der Waals surface area contributed by atoms with Gasteiger partial charge in [-0.3, -0.25) is 0 Å². The Kier molecular flexibility index (Phi) is 4.71. The van der Waals surface area contributed by atoms with Crippen LogP contribution in [0.4, 0.5) is 11.6 Å². The fourth-order valence-corrected chi connectivity index (χ4v) is 2.84. The van der Waals surface area contributed by atoms with Crippen LogP contribution in [0.2, 0.25) is 0 Å². The van der Waals surface area contributed by atoms with E-state index in [0.717, 1.165) is 42.0 Å². The maximum atomic E-state index is 5.65. The number of nitrogens with zero attached hydrogens (tertiary/aromatic N) is 3. The molecule has 5 heteroatoms. The molecule has 0 aromatic carbocycles. The molecule has 1 aromatic heterocycles. The first kappa shape index (κ1) is 16.0. The lowest BCUT2D eigenvalue weighted by molar-refractivity contribution is 0.392. The number of piperidine rings is 1. The van der Waals surface area contributed by atoms with Gasteiger partial charge in [-0.05, 0) is 25.7 Å². The smallest absolute Gasteiger partial charge is 0.148 e. The number of hydrogen-bond acceptors (Lipinski definition) is 5. The van der Waals surface area contributed by atoms with Crippen LogP contribution in [0.15, 0.2) is 0 Å². The van der Waals surface area contributed by atoms with Gasteiger partial charge < -0.3 is 10.3 Å². The number of nitrogen functional groups attached to an aromatic ring is 1. The predicted molar refractivity (Wildman–Crippen MR) is 88.5 cm³/mol. The largest absolute Gasteiger partial charge is 0.356 e. The summed E-state index contributed by atoms with van der Waals surface area (Å²) in [5.74, 6) is 9.12. The second-order valence-corrected chi connectivity index (χ2v) is 7.08. The van der Waals surface area contributed by atoms with Crippen molar-refractivity contribution < 1.29 is 0 Å². The third kappa shape index (κ3) is 3.46. The Morgan fingerprint density at radius 2 is 1.86 bits per heavy atom. The summed E-state index contributed by atoms with van der Waals surface area (Å²) in [6.45, 7) is 12.9. The minimum Gasteiger partial charge on any atom is -0.356 e. The molecule has 5 nitrogen and oxygen atoms in total. The first-order chi connectivity index (χ1) is 9.86. The first-order valence-electron chi connectivity index (χ1n) is 7.97. The Morgan fingerprint density at radius 3 is 2.33 bits per heavy atom. The summed E-state index contributed by atoms with van der Waals surface area (Å²) in [7, 11) is 0. The van der Waals surface area contributed by atoms with Crippen LogP contribution in [-0.2, 0) is 5.41 Å². The number of rotatable bonds is 3. The average molecular weight is 291 g/mol. The molecular weight excluding hydrogens is 262 g/mol. The molecule has 2 heterocycles. The molecule has 0 unspecified atom stereocenters. The number of hydrazine groups is 1. The Balaban J connectivity index is 2.34. The second kappa shape index (κ2) is 6.18. The SMILES string of the molecule is CCC1CCN(c2nc(C(C)(C)C)nc(NN)c2C)CC1. The third-order valence-electron chi connectivity index (χ3n) is 4.42. The van der Waals surface area contributed by atoms with Crippen LogP contribution < -0.4 is 16.2 Å². The van der Waals surface area contributed by atoms with Gasteiger partial charge in [0.1, 0.15) is 17.5 Å². The zero-order valence-electron chi connectivity index (χ0n) is 14.0. The number of anilines is 2. The van der Waals surface area contributed by atoms with E-state index in [-0.39, 0.29) is 5.41 Å². The molecule has 2 rings (SSSR count). The van der Waals surface area contributed by atoms with Crippen LogP contribution in [0.5, 0.6) is 0 Å². The number of hydrogen-bond donors (Lipinski definition) is 2. The van der Waals surface area contributed by atoms with Gasteiger partial charge in [0.05, 0.1) is 0 Å². The molecule has 0 spiro atoms. The summed E-state index contributed by atoms with van der Waals surface area (Å²) in [5.41, 5.74) is 3.68. The van der Waals surface area contributed by atoms with Crippen LogP contribution in [0.25, 0.3) is 0 Å². The van der Waals surface area contributed by atoms with Crippen LogP contribution in [0.1, 0.15) is 58.3 Å². The maximum Gasteiger partial charge on any atom is 0.148 e. The summed E-state index contributed by atoms with van der Waals surface area (Å²) >= 11 is 0. The van der Waals surface area contributed by atoms with Gasteiger partial charge in [-0.1, -0.05) is 34.1 Å². The molecule has 1 aliphatic rings. The Bertz CT molecular complexity index is 484. The molecule has 21 heavy (non-hydrogen) atoms. The van der Waals surface area contributed by atoms with E-state index in [2.05, 4.69) is 43.0 Å². The molecule has 0 aliphatic carbocycles. The highest BCUT2D eigenvalue weighted by Crippen LogP contribution is 2.31. The Labute approximate surface area is 128 Å². The molecule has 1 aliphatic heterocycles. The summed E-state index contributed by atoms with van der Waals surface area (Å²) in [4.78, 5) is 11.8. The van der Waals surface area contributed by atoms with E-state index in [0.29, 0.717) is 0 Å². The van der Waals surface area contributed by atoms with Crippen molar-refractivity contribution in [3.63, 3.8) is 0 Å². The number of aromatic nitrogens is 2. The van der Waals surface area contributed by atoms with Gasteiger partial charge in [0.25, 0.3) is 0 Å². The van der Waals surface area contributed by atoms with E-state index in [1.165, 1.54) is 19.3 Å². The topological polar surface area (TPSA) is 67.1 Å². The van der Waals surface area contributed by atoms with Crippen LogP contribution >= 0.6 is 0 Å². The molecule has 0 saturated carbocycles. The zero-order chi connectivity index (χ0) is 15.6. The molecule has 0 bridgehead atoms. The predicted octanol–water partition coefficient (Wildman–Crippen LogP) is 2.99. The van der Waals surface area contributed by atoms with Gasteiger partial charge >= 0.3 is 0 Å². The maximum absolute atomic E-state index is 5.65.